The molecule has 7 heteroatoms. The molecule has 1 aromatic heterocycles. The van der Waals surface area contributed by atoms with Gasteiger partial charge >= 0.3 is 0 Å². The van der Waals surface area contributed by atoms with Crippen molar-refractivity contribution in [3.8, 4) is 0 Å². The smallest absolute Gasteiger partial charge is 0.270 e. The van der Waals surface area contributed by atoms with Crippen molar-refractivity contribution in [2.24, 2.45) is 12.2 Å². The molecule has 0 spiro atoms. The lowest BCUT2D eigenvalue weighted by molar-refractivity contribution is 0.603. The van der Waals surface area contributed by atoms with Gasteiger partial charge in [-0.05, 0) is 13.8 Å². The second kappa shape index (κ2) is 3.00. The number of rotatable bonds is 2. The first kappa shape index (κ1) is 10.0. The monoisotopic (exact) mass is 204 g/mol. The topological polar surface area (TPSA) is 90.0 Å². The van der Waals surface area contributed by atoms with Gasteiger partial charge in [0.15, 0.2) is 0 Å². The van der Waals surface area contributed by atoms with Crippen molar-refractivity contribution in [3.63, 3.8) is 0 Å². The minimum Gasteiger partial charge on any atom is -0.270 e. The van der Waals surface area contributed by atoms with Crippen LogP contribution in [0, 0.1) is 13.8 Å². The fourth-order valence-electron chi connectivity index (χ4n) is 1.06. The zero-order chi connectivity index (χ0) is 10.2. The van der Waals surface area contributed by atoms with Gasteiger partial charge in [0.1, 0.15) is 0 Å². The van der Waals surface area contributed by atoms with E-state index in [0.29, 0.717) is 11.4 Å². The molecule has 0 aliphatic rings. The molecule has 0 amide bonds. The highest BCUT2D eigenvalue weighted by Gasteiger charge is 2.12. The lowest BCUT2D eigenvalue weighted by Crippen LogP contribution is -2.22. The highest BCUT2D eigenvalue weighted by molar-refractivity contribution is 7.90. The SMILES string of the molecule is Cc1nn(C)c(C)c1NS(N)(=O)=O. The van der Waals surface area contributed by atoms with Crippen LogP contribution in [0.5, 0.6) is 0 Å². The van der Waals surface area contributed by atoms with E-state index in [0.717, 1.165) is 5.69 Å². The molecule has 0 bridgehead atoms. The summed E-state index contributed by atoms with van der Waals surface area (Å²) < 4.78 is 25.3. The van der Waals surface area contributed by atoms with E-state index >= 15 is 0 Å². The largest absolute Gasteiger partial charge is 0.296 e. The lowest BCUT2D eigenvalue weighted by atomic mass is 10.3. The van der Waals surface area contributed by atoms with Crippen LogP contribution in [0.1, 0.15) is 11.4 Å². The number of nitrogens with two attached hydrogens (primary N) is 1. The molecule has 13 heavy (non-hydrogen) atoms. The predicted molar refractivity (Wildman–Crippen MR) is 49.4 cm³/mol. The molecule has 0 aliphatic heterocycles. The maximum Gasteiger partial charge on any atom is 0.296 e. The van der Waals surface area contributed by atoms with E-state index in [9.17, 15) is 8.42 Å². The molecule has 1 aromatic rings. The van der Waals surface area contributed by atoms with Gasteiger partial charge in [0.05, 0.1) is 17.1 Å². The van der Waals surface area contributed by atoms with Crippen molar-refractivity contribution >= 4 is 15.9 Å². The van der Waals surface area contributed by atoms with Crippen molar-refractivity contribution < 1.29 is 8.42 Å². The molecular formula is C6H12N4O2S. The average molecular weight is 204 g/mol. The van der Waals surface area contributed by atoms with Crippen molar-refractivity contribution in [1.29, 1.82) is 0 Å². The number of aromatic nitrogens is 2. The van der Waals surface area contributed by atoms with Gasteiger partial charge in [0.2, 0.25) is 0 Å². The zero-order valence-corrected chi connectivity index (χ0v) is 8.51. The van der Waals surface area contributed by atoms with Crippen molar-refractivity contribution in [2.75, 3.05) is 4.72 Å². The fraction of sp³-hybridized carbons (Fsp3) is 0.500. The Labute approximate surface area is 76.9 Å². The van der Waals surface area contributed by atoms with Gasteiger partial charge in [0.25, 0.3) is 10.2 Å². The zero-order valence-electron chi connectivity index (χ0n) is 7.70. The lowest BCUT2D eigenvalue weighted by Gasteiger charge is -2.02. The third kappa shape index (κ3) is 2.19. The fourth-order valence-corrected chi connectivity index (χ4v) is 1.64. The van der Waals surface area contributed by atoms with Crippen LogP contribution in [0.2, 0.25) is 0 Å². The van der Waals surface area contributed by atoms with Crippen LogP contribution >= 0.6 is 0 Å². The van der Waals surface area contributed by atoms with Gasteiger partial charge in [0, 0.05) is 7.05 Å². The normalized spacial score (nSPS) is 11.7. The number of nitrogens with zero attached hydrogens (tertiary/aromatic N) is 2. The van der Waals surface area contributed by atoms with E-state index in [2.05, 4.69) is 9.82 Å². The summed E-state index contributed by atoms with van der Waals surface area (Å²) in [6.45, 7) is 3.47. The Bertz CT molecular complexity index is 420. The van der Waals surface area contributed by atoms with Gasteiger partial charge in [-0.2, -0.15) is 13.5 Å². The minimum absolute atomic E-state index is 0.449. The van der Waals surface area contributed by atoms with Crippen molar-refractivity contribution in [3.05, 3.63) is 11.4 Å². The molecular weight excluding hydrogens is 192 g/mol. The Hall–Kier alpha value is -1.08. The van der Waals surface area contributed by atoms with E-state index in [1.165, 1.54) is 0 Å². The second-order valence-electron chi connectivity index (χ2n) is 2.82. The molecule has 1 rings (SSSR count). The molecule has 0 fully saturated rings. The average Bonchev–Trinajstić information content (AvgIpc) is 2.14. The van der Waals surface area contributed by atoms with Crippen LogP contribution in [0.3, 0.4) is 0 Å². The first-order valence-corrected chi connectivity index (χ1v) is 5.16. The van der Waals surface area contributed by atoms with Gasteiger partial charge in [-0.1, -0.05) is 0 Å². The van der Waals surface area contributed by atoms with Crippen molar-refractivity contribution in [1.82, 2.24) is 9.78 Å². The van der Waals surface area contributed by atoms with E-state index in [-0.39, 0.29) is 0 Å². The Kier molecular flexibility index (Phi) is 2.31. The third-order valence-electron chi connectivity index (χ3n) is 1.75. The number of nitrogens with one attached hydrogen (secondary N) is 1. The third-order valence-corrected chi connectivity index (χ3v) is 2.24. The Morgan fingerprint density at radius 1 is 1.46 bits per heavy atom. The molecule has 6 nitrogen and oxygen atoms in total. The number of aryl methyl sites for hydroxylation is 2. The van der Waals surface area contributed by atoms with E-state index in [1.807, 2.05) is 0 Å². The molecule has 0 saturated carbocycles. The first-order valence-electron chi connectivity index (χ1n) is 3.62. The number of anilines is 1. The highest BCUT2D eigenvalue weighted by atomic mass is 32.2. The van der Waals surface area contributed by atoms with E-state index < -0.39 is 10.2 Å². The summed E-state index contributed by atoms with van der Waals surface area (Å²) in [5.41, 5.74) is 1.78. The molecule has 0 aromatic carbocycles. The van der Waals surface area contributed by atoms with Crippen LogP contribution < -0.4 is 9.86 Å². The molecule has 0 saturated heterocycles. The molecule has 0 radical (unpaired) electrons. The first-order chi connectivity index (χ1) is 5.81. The van der Waals surface area contributed by atoms with Gasteiger partial charge in [-0.25, -0.2) is 5.14 Å². The summed E-state index contributed by atoms with van der Waals surface area (Å²) >= 11 is 0. The molecule has 0 aliphatic carbocycles. The maximum atomic E-state index is 10.7. The highest BCUT2D eigenvalue weighted by Crippen LogP contribution is 2.18. The molecule has 1 heterocycles. The van der Waals surface area contributed by atoms with E-state index in [4.69, 9.17) is 5.14 Å². The Morgan fingerprint density at radius 2 is 2.00 bits per heavy atom. The van der Waals surface area contributed by atoms with Crippen molar-refractivity contribution in [2.45, 2.75) is 13.8 Å². The van der Waals surface area contributed by atoms with Crippen LogP contribution in [-0.4, -0.2) is 18.2 Å². The van der Waals surface area contributed by atoms with Crippen LogP contribution in [0.25, 0.3) is 0 Å². The number of hydrogen-bond donors (Lipinski definition) is 2. The standard InChI is InChI=1S/C6H12N4O2S/c1-4-6(9-13(7,11)12)5(2)10(3)8-4/h9H,1-3H3,(H2,7,11,12). The summed E-state index contributed by atoms with van der Waals surface area (Å²) in [6, 6.07) is 0. The van der Waals surface area contributed by atoms with Gasteiger partial charge in [-0.3, -0.25) is 9.40 Å². The van der Waals surface area contributed by atoms with E-state index in [1.54, 1.807) is 25.6 Å². The summed E-state index contributed by atoms with van der Waals surface area (Å²) in [4.78, 5) is 0. The minimum atomic E-state index is -3.71. The Balaban J connectivity index is 3.15. The molecule has 0 atom stereocenters. The van der Waals surface area contributed by atoms with Crippen LogP contribution in [-0.2, 0) is 17.3 Å². The quantitative estimate of drug-likeness (QED) is 0.690. The Morgan fingerprint density at radius 3 is 2.31 bits per heavy atom. The second-order valence-corrected chi connectivity index (χ2v) is 4.11. The van der Waals surface area contributed by atoms with Gasteiger partial charge in [-0.15, -0.1) is 0 Å². The predicted octanol–water partition coefficient (Wildman–Crippen LogP) is -0.348. The van der Waals surface area contributed by atoms with Crippen LogP contribution in [0.4, 0.5) is 5.69 Å². The summed E-state index contributed by atoms with van der Waals surface area (Å²) in [6.07, 6.45) is 0. The van der Waals surface area contributed by atoms with Gasteiger partial charge < -0.3 is 0 Å². The molecule has 0 unspecified atom stereocenters. The maximum absolute atomic E-state index is 10.7. The molecule has 74 valence electrons. The summed E-state index contributed by atoms with van der Waals surface area (Å²) in [5.74, 6) is 0. The van der Waals surface area contributed by atoms with Crippen LogP contribution in [0.15, 0.2) is 0 Å². The summed E-state index contributed by atoms with van der Waals surface area (Å²) in [7, 11) is -1.98. The molecule has 3 N–H and O–H groups in total. The summed E-state index contributed by atoms with van der Waals surface area (Å²) in [5, 5.41) is 8.87. The number of hydrogen-bond acceptors (Lipinski definition) is 3.